The van der Waals surface area contributed by atoms with Crippen molar-refractivity contribution < 1.29 is 42.6 Å². The van der Waals surface area contributed by atoms with Gasteiger partial charge in [0.05, 0.1) is 34.1 Å². The molecule has 2 N–H and O–H groups in total. The number of unbranched alkanes of at least 4 members (excludes halogenated alkanes) is 1. The summed E-state index contributed by atoms with van der Waals surface area (Å²) in [6, 6.07) is 23.4. The summed E-state index contributed by atoms with van der Waals surface area (Å²) in [5.41, 5.74) is 5.19. The monoisotopic (exact) mass is 644 g/mol. The molecule has 3 aromatic carbocycles. The van der Waals surface area contributed by atoms with Crippen LogP contribution in [0.5, 0.6) is 0 Å². The number of carbonyl (C=O) groups is 4. The zero-order valence-electron chi connectivity index (χ0n) is 24.9. The fourth-order valence-electron chi connectivity index (χ4n) is 5.18. The third-order valence-electron chi connectivity index (χ3n) is 7.48. The highest BCUT2D eigenvalue weighted by Crippen LogP contribution is 2.31. The molecule has 2 amide bonds. The van der Waals surface area contributed by atoms with Gasteiger partial charge in [0.25, 0.3) is 11.8 Å². The number of fused-ring (bicyclic) bond motifs is 2. The van der Waals surface area contributed by atoms with E-state index in [4.69, 9.17) is 14.9 Å². The molecule has 47 heavy (non-hydrogen) atoms. The minimum atomic E-state index is -5.08. The van der Waals surface area contributed by atoms with E-state index in [0.29, 0.717) is 34.6 Å². The number of anilines is 1. The molecule has 1 aliphatic rings. The van der Waals surface area contributed by atoms with Crippen molar-refractivity contribution in [2.24, 2.45) is 0 Å². The lowest BCUT2D eigenvalue weighted by Crippen LogP contribution is -2.29. The van der Waals surface area contributed by atoms with Crippen LogP contribution in [0.2, 0.25) is 0 Å². The van der Waals surface area contributed by atoms with Gasteiger partial charge in [-0.15, -0.1) is 0 Å². The number of imidazole rings is 1. The van der Waals surface area contributed by atoms with E-state index in [9.17, 15) is 32.7 Å². The summed E-state index contributed by atoms with van der Waals surface area (Å²) < 4.78 is 33.8. The van der Waals surface area contributed by atoms with E-state index >= 15 is 0 Å². The quantitative estimate of drug-likeness (QED) is 0.180. The number of aromatic nitrogens is 3. The van der Waals surface area contributed by atoms with Crippen molar-refractivity contribution in [1.29, 1.82) is 0 Å². The second-order valence-corrected chi connectivity index (χ2v) is 10.6. The van der Waals surface area contributed by atoms with Crippen LogP contribution < -0.4 is 4.90 Å². The van der Waals surface area contributed by atoms with Gasteiger partial charge in [0, 0.05) is 13.0 Å². The van der Waals surface area contributed by atoms with Gasteiger partial charge in [-0.1, -0.05) is 67.9 Å². The average molecular weight is 645 g/mol. The molecule has 240 valence electrons. The average Bonchev–Trinajstić information content (AvgIpc) is 3.52. The highest BCUT2D eigenvalue weighted by molar-refractivity contribution is 6.34. The Hall–Kier alpha value is -5.85. The van der Waals surface area contributed by atoms with Crippen LogP contribution in [0.1, 0.15) is 62.2 Å². The third kappa shape index (κ3) is 6.73. The Balaban J connectivity index is 0.000000559. The number of hydrogen-bond donors (Lipinski definition) is 2. The smallest absolute Gasteiger partial charge is 0.478 e. The Morgan fingerprint density at radius 3 is 1.98 bits per heavy atom. The van der Waals surface area contributed by atoms with Gasteiger partial charge in [-0.2, -0.15) is 13.2 Å². The molecular weight excluding hydrogens is 617 g/mol. The second-order valence-electron chi connectivity index (χ2n) is 10.6. The van der Waals surface area contributed by atoms with E-state index in [1.165, 1.54) is 11.1 Å². The first-order chi connectivity index (χ1) is 22.4. The minimum absolute atomic E-state index is 0.254. The maximum Gasteiger partial charge on any atom is 0.490 e. The fraction of sp³-hybridized carbons (Fsp3) is 0.176. The number of carbonyl (C=O) groups excluding carboxylic acids is 2. The summed E-state index contributed by atoms with van der Waals surface area (Å²) in [6.45, 7) is 2.63. The van der Waals surface area contributed by atoms with Crippen LogP contribution in [0, 0.1) is 0 Å². The number of aliphatic carboxylic acids is 1. The van der Waals surface area contributed by atoms with Crippen LogP contribution >= 0.6 is 0 Å². The predicted molar refractivity (Wildman–Crippen MR) is 165 cm³/mol. The number of halogens is 3. The normalized spacial score (nSPS) is 12.6. The number of aryl methyl sites for hydroxylation is 1. The fourth-order valence-corrected chi connectivity index (χ4v) is 5.18. The summed E-state index contributed by atoms with van der Waals surface area (Å²) >= 11 is 0. The molecule has 5 aromatic rings. The number of carboxylic acids is 2. The number of benzene rings is 3. The summed E-state index contributed by atoms with van der Waals surface area (Å²) in [5.74, 6) is -3.57. The lowest BCUT2D eigenvalue weighted by molar-refractivity contribution is -0.192. The number of carboxylic acid groups (broad SMARTS) is 2. The number of aromatic carboxylic acids is 1. The van der Waals surface area contributed by atoms with Crippen LogP contribution in [0.15, 0.2) is 85.1 Å². The minimum Gasteiger partial charge on any atom is -0.478 e. The molecule has 0 aliphatic carbocycles. The SMILES string of the molecule is CCCCc1nc2ncc(N3C(=O)c4ccccc4C3=O)cc2n1Cc1ccc(-c2ccccc2C(=O)O)cc1.O=C(O)C(F)(F)F. The Kier molecular flexibility index (Phi) is 9.17. The van der Waals surface area contributed by atoms with Gasteiger partial charge in [0.15, 0.2) is 5.65 Å². The van der Waals surface area contributed by atoms with Gasteiger partial charge in [0.2, 0.25) is 0 Å². The summed E-state index contributed by atoms with van der Waals surface area (Å²) in [6.07, 6.45) is -0.826. The molecule has 0 unspecified atom stereocenters. The summed E-state index contributed by atoms with van der Waals surface area (Å²) in [7, 11) is 0. The molecule has 2 aromatic heterocycles. The van der Waals surface area contributed by atoms with Crippen molar-refractivity contribution in [2.45, 2.75) is 38.9 Å². The Bertz CT molecular complexity index is 1970. The van der Waals surface area contributed by atoms with E-state index in [1.54, 1.807) is 42.5 Å². The molecule has 1 aliphatic heterocycles. The molecule has 0 saturated heterocycles. The van der Waals surface area contributed by atoms with E-state index < -0.39 is 18.1 Å². The van der Waals surface area contributed by atoms with E-state index in [-0.39, 0.29) is 17.4 Å². The third-order valence-corrected chi connectivity index (χ3v) is 7.48. The van der Waals surface area contributed by atoms with Crippen LogP contribution in [-0.4, -0.2) is 54.7 Å². The van der Waals surface area contributed by atoms with Crippen molar-refractivity contribution in [3.8, 4) is 11.1 Å². The van der Waals surface area contributed by atoms with Gasteiger partial charge in [-0.05, 0) is 47.4 Å². The predicted octanol–water partition coefficient (Wildman–Crippen LogP) is 6.62. The molecule has 0 radical (unpaired) electrons. The van der Waals surface area contributed by atoms with E-state index in [0.717, 1.165) is 41.7 Å². The Labute approximate surface area is 265 Å². The van der Waals surface area contributed by atoms with Gasteiger partial charge in [0.1, 0.15) is 5.82 Å². The molecule has 0 spiro atoms. The van der Waals surface area contributed by atoms with Gasteiger partial charge < -0.3 is 14.8 Å². The second kappa shape index (κ2) is 13.3. The number of amides is 2. The lowest BCUT2D eigenvalue weighted by Gasteiger charge is -2.15. The maximum absolute atomic E-state index is 13.1. The Morgan fingerprint density at radius 1 is 0.851 bits per heavy atom. The topological polar surface area (TPSA) is 143 Å². The van der Waals surface area contributed by atoms with Gasteiger partial charge in [-0.25, -0.2) is 24.5 Å². The number of pyridine rings is 1. The highest BCUT2D eigenvalue weighted by atomic mass is 19.4. The molecule has 0 bridgehead atoms. The number of imide groups is 1. The molecule has 0 saturated carbocycles. The molecule has 3 heterocycles. The molecule has 0 atom stereocenters. The first-order valence-corrected chi connectivity index (χ1v) is 14.5. The zero-order valence-corrected chi connectivity index (χ0v) is 24.9. The molecule has 6 rings (SSSR count). The van der Waals surface area contributed by atoms with Crippen LogP contribution in [0.3, 0.4) is 0 Å². The Morgan fingerprint density at radius 2 is 1.43 bits per heavy atom. The summed E-state index contributed by atoms with van der Waals surface area (Å²) in [4.78, 5) is 57.3. The van der Waals surface area contributed by atoms with Crippen LogP contribution in [-0.2, 0) is 17.8 Å². The van der Waals surface area contributed by atoms with Crippen LogP contribution in [0.25, 0.3) is 22.3 Å². The largest absolute Gasteiger partial charge is 0.490 e. The van der Waals surface area contributed by atoms with Crippen molar-refractivity contribution in [2.75, 3.05) is 4.90 Å². The van der Waals surface area contributed by atoms with Crippen molar-refractivity contribution in [3.63, 3.8) is 0 Å². The number of rotatable bonds is 8. The standard InChI is InChI=1S/C32H26N4O4.C2HF3O2/c1-2-3-12-28-34-29-27(17-22(18-33-29)36-30(37)24-9-5-6-10-25(24)31(36)38)35(28)19-20-13-15-21(16-14-20)23-8-4-7-11-26(23)32(39)40;3-2(4,5)1(6)7/h4-11,13-18H,2-3,12,19H2,1H3,(H,39,40);(H,6,7). The van der Waals surface area contributed by atoms with Crippen molar-refractivity contribution >= 4 is 40.6 Å². The van der Waals surface area contributed by atoms with E-state index in [1.807, 2.05) is 36.4 Å². The first kappa shape index (κ1) is 32.5. The number of hydrogen-bond acceptors (Lipinski definition) is 6. The van der Waals surface area contributed by atoms with Crippen molar-refractivity contribution in [1.82, 2.24) is 14.5 Å². The lowest BCUT2D eigenvalue weighted by atomic mass is 9.99. The number of alkyl halides is 3. The number of nitrogens with zero attached hydrogens (tertiary/aromatic N) is 4. The molecular formula is C34H27F3N4O6. The van der Waals surface area contributed by atoms with Gasteiger partial charge >= 0.3 is 18.1 Å². The highest BCUT2D eigenvalue weighted by Gasteiger charge is 2.38. The van der Waals surface area contributed by atoms with Crippen LogP contribution in [0.4, 0.5) is 18.9 Å². The molecule has 10 nitrogen and oxygen atoms in total. The zero-order chi connectivity index (χ0) is 33.9. The first-order valence-electron chi connectivity index (χ1n) is 14.5. The summed E-state index contributed by atoms with van der Waals surface area (Å²) in [5, 5.41) is 16.7. The van der Waals surface area contributed by atoms with Gasteiger partial charge in [-0.3, -0.25) is 9.59 Å². The maximum atomic E-state index is 13.1. The van der Waals surface area contributed by atoms with Crippen molar-refractivity contribution in [3.05, 3.63) is 113 Å². The van der Waals surface area contributed by atoms with E-state index in [2.05, 4.69) is 16.5 Å². The molecule has 13 heteroatoms. The molecule has 0 fully saturated rings.